The molecule has 0 saturated heterocycles. The van der Waals surface area contributed by atoms with Gasteiger partial charge < -0.3 is 4.74 Å². The summed E-state index contributed by atoms with van der Waals surface area (Å²) in [7, 11) is 0. The van der Waals surface area contributed by atoms with Crippen LogP contribution in [0.25, 0.3) is 0 Å². The Bertz CT molecular complexity index is 317. The van der Waals surface area contributed by atoms with Crippen molar-refractivity contribution in [2.45, 2.75) is 150 Å². The van der Waals surface area contributed by atoms with Gasteiger partial charge in [-0.25, -0.2) is 0 Å². The highest BCUT2D eigenvalue weighted by Gasteiger charge is 2.13. The second-order valence-corrected chi connectivity index (χ2v) is 9.67. The molecule has 0 bridgehead atoms. The highest BCUT2D eigenvalue weighted by molar-refractivity contribution is 5.69. The lowest BCUT2D eigenvalue weighted by Gasteiger charge is -2.17. The summed E-state index contributed by atoms with van der Waals surface area (Å²) in [5, 5.41) is 0. The van der Waals surface area contributed by atoms with Gasteiger partial charge in [-0.3, -0.25) is 4.79 Å². The first-order valence-corrected chi connectivity index (χ1v) is 13.3. The zero-order chi connectivity index (χ0) is 21.6. The minimum absolute atomic E-state index is 0.00292. The molecule has 0 aromatic heterocycles. The summed E-state index contributed by atoms with van der Waals surface area (Å²) >= 11 is 0. The lowest BCUT2D eigenvalue weighted by molar-refractivity contribution is -0.146. The average Bonchev–Trinajstić information content (AvgIpc) is 2.68. The molecule has 0 aliphatic heterocycles. The Balaban J connectivity index is 3.95. The summed E-state index contributed by atoms with van der Waals surface area (Å²) in [5.41, 5.74) is 0. The molecule has 29 heavy (non-hydrogen) atoms. The molecule has 0 atom stereocenters. The first kappa shape index (κ1) is 28.5. The van der Waals surface area contributed by atoms with Crippen LogP contribution < -0.4 is 0 Å². The van der Waals surface area contributed by atoms with Crippen molar-refractivity contribution in [3.8, 4) is 0 Å². The maximum atomic E-state index is 11.9. The number of carbonyl (C=O) groups excluding carboxylic acids is 1. The van der Waals surface area contributed by atoms with Crippen LogP contribution >= 0.6 is 0 Å². The van der Waals surface area contributed by atoms with E-state index in [4.69, 9.17) is 4.74 Å². The maximum absolute atomic E-state index is 11.9. The third kappa shape index (κ3) is 22.0. The molecule has 174 valence electrons. The molecular weight excluding hydrogens is 356 g/mol. The monoisotopic (exact) mass is 410 g/mol. The lowest BCUT2D eigenvalue weighted by atomic mass is 9.94. The second kappa shape index (κ2) is 22.2. The van der Waals surface area contributed by atoms with Crippen molar-refractivity contribution in [3.63, 3.8) is 0 Å². The fourth-order valence-electron chi connectivity index (χ4n) is 4.05. The van der Waals surface area contributed by atoms with E-state index in [0.29, 0.717) is 24.9 Å². The van der Waals surface area contributed by atoms with Crippen molar-refractivity contribution >= 4 is 5.97 Å². The van der Waals surface area contributed by atoms with Crippen molar-refractivity contribution < 1.29 is 9.53 Å². The second-order valence-electron chi connectivity index (χ2n) is 9.67. The van der Waals surface area contributed by atoms with Crippen molar-refractivity contribution in [1.82, 2.24) is 0 Å². The van der Waals surface area contributed by atoms with Crippen LogP contribution in [0.3, 0.4) is 0 Å². The average molecular weight is 411 g/mol. The SMILES string of the molecule is CCCCCCCCCCC(CCCCCCCCCC)COC(=O)CC(C)C. The van der Waals surface area contributed by atoms with Gasteiger partial charge in [-0.05, 0) is 24.7 Å². The van der Waals surface area contributed by atoms with Gasteiger partial charge in [0.2, 0.25) is 0 Å². The summed E-state index contributed by atoms with van der Waals surface area (Å²) in [6.07, 6.45) is 24.9. The van der Waals surface area contributed by atoms with Crippen LogP contribution in [-0.4, -0.2) is 12.6 Å². The number of unbranched alkanes of at least 4 members (excludes halogenated alkanes) is 14. The van der Waals surface area contributed by atoms with Crippen LogP contribution in [0.1, 0.15) is 150 Å². The van der Waals surface area contributed by atoms with Gasteiger partial charge in [0.15, 0.2) is 0 Å². The highest BCUT2D eigenvalue weighted by atomic mass is 16.5. The Morgan fingerprint density at radius 2 is 1.00 bits per heavy atom. The Hall–Kier alpha value is -0.530. The summed E-state index contributed by atoms with van der Waals surface area (Å²) in [5.74, 6) is 0.963. The van der Waals surface area contributed by atoms with Crippen LogP contribution in [-0.2, 0) is 9.53 Å². The molecule has 2 nitrogen and oxygen atoms in total. The van der Waals surface area contributed by atoms with E-state index in [1.807, 2.05) is 0 Å². The van der Waals surface area contributed by atoms with Gasteiger partial charge in [0, 0.05) is 6.42 Å². The topological polar surface area (TPSA) is 26.3 Å². The van der Waals surface area contributed by atoms with Gasteiger partial charge in [-0.1, -0.05) is 130 Å². The standard InChI is InChI=1S/C27H54O2/c1-5-7-9-11-13-15-17-19-21-26(24-29-27(28)23-25(3)4)22-20-18-16-14-12-10-8-6-2/h25-26H,5-24H2,1-4H3. The van der Waals surface area contributed by atoms with Gasteiger partial charge in [-0.15, -0.1) is 0 Å². The zero-order valence-corrected chi connectivity index (χ0v) is 20.6. The lowest BCUT2D eigenvalue weighted by Crippen LogP contribution is -2.15. The molecule has 0 fully saturated rings. The summed E-state index contributed by atoms with van der Waals surface area (Å²) in [6, 6.07) is 0. The number of carbonyl (C=O) groups is 1. The predicted molar refractivity (Wildman–Crippen MR) is 128 cm³/mol. The number of esters is 1. The van der Waals surface area contributed by atoms with E-state index < -0.39 is 0 Å². The molecule has 2 heteroatoms. The molecule has 0 aliphatic rings. The van der Waals surface area contributed by atoms with Crippen LogP contribution in [0.15, 0.2) is 0 Å². The Morgan fingerprint density at radius 3 is 1.38 bits per heavy atom. The Kier molecular flexibility index (Phi) is 21.8. The molecule has 0 amide bonds. The van der Waals surface area contributed by atoms with E-state index in [1.54, 1.807) is 0 Å². The predicted octanol–water partition coefficient (Wildman–Crippen LogP) is 9.25. The van der Waals surface area contributed by atoms with Gasteiger partial charge >= 0.3 is 5.97 Å². The summed E-state index contributed by atoms with van der Waals surface area (Å²) < 4.78 is 5.62. The minimum Gasteiger partial charge on any atom is -0.465 e. The van der Waals surface area contributed by atoms with E-state index in [-0.39, 0.29) is 5.97 Å². The summed E-state index contributed by atoms with van der Waals surface area (Å²) in [6.45, 7) is 9.37. The molecule has 0 aromatic rings. The minimum atomic E-state index is -0.00292. The Labute approximate surface area is 184 Å². The van der Waals surface area contributed by atoms with E-state index in [0.717, 1.165) is 0 Å². The highest BCUT2D eigenvalue weighted by Crippen LogP contribution is 2.20. The fourth-order valence-corrected chi connectivity index (χ4v) is 4.05. The van der Waals surface area contributed by atoms with Crippen LogP contribution in [0.2, 0.25) is 0 Å². The molecule has 0 rings (SSSR count). The molecule has 0 saturated carbocycles. The Morgan fingerprint density at radius 1 is 0.621 bits per heavy atom. The molecule has 0 heterocycles. The number of rotatable bonds is 22. The van der Waals surface area contributed by atoms with Crippen molar-refractivity contribution in [2.24, 2.45) is 11.8 Å². The van der Waals surface area contributed by atoms with E-state index in [2.05, 4.69) is 27.7 Å². The quantitative estimate of drug-likeness (QED) is 0.131. The van der Waals surface area contributed by atoms with Crippen molar-refractivity contribution in [2.75, 3.05) is 6.61 Å². The number of hydrogen-bond acceptors (Lipinski definition) is 2. The third-order valence-corrected chi connectivity index (χ3v) is 5.99. The van der Waals surface area contributed by atoms with Crippen LogP contribution in [0.5, 0.6) is 0 Å². The molecule has 0 radical (unpaired) electrons. The van der Waals surface area contributed by atoms with Gasteiger partial charge in [0.25, 0.3) is 0 Å². The normalized spacial score (nSPS) is 11.5. The van der Waals surface area contributed by atoms with Crippen molar-refractivity contribution in [1.29, 1.82) is 0 Å². The van der Waals surface area contributed by atoms with E-state index >= 15 is 0 Å². The molecule has 0 unspecified atom stereocenters. The smallest absolute Gasteiger partial charge is 0.306 e. The fraction of sp³-hybridized carbons (Fsp3) is 0.963. The van der Waals surface area contributed by atoms with E-state index in [1.165, 1.54) is 116 Å². The summed E-state index contributed by atoms with van der Waals surface area (Å²) in [4.78, 5) is 11.9. The maximum Gasteiger partial charge on any atom is 0.306 e. The number of ether oxygens (including phenoxy) is 1. The molecule has 0 aliphatic carbocycles. The first-order chi connectivity index (χ1) is 14.1. The molecule has 0 aromatic carbocycles. The van der Waals surface area contributed by atoms with Crippen LogP contribution in [0, 0.1) is 11.8 Å². The first-order valence-electron chi connectivity index (χ1n) is 13.3. The molecule has 0 spiro atoms. The largest absolute Gasteiger partial charge is 0.465 e. The van der Waals surface area contributed by atoms with Crippen LogP contribution in [0.4, 0.5) is 0 Å². The third-order valence-electron chi connectivity index (χ3n) is 5.99. The van der Waals surface area contributed by atoms with Gasteiger partial charge in [-0.2, -0.15) is 0 Å². The van der Waals surface area contributed by atoms with Crippen molar-refractivity contribution in [3.05, 3.63) is 0 Å². The number of hydrogen-bond donors (Lipinski definition) is 0. The van der Waals surface area contributed by atoms with E-state index in [9.17, 15) is 4.79 Å². The zero-order valence-electron chi connectivity index (χ0n) is 20.6. The van der Waals surface area contributed by atoms with Gasteiger partial charge in [0.05, 0.1) is 6.61 Å². The van der Waals surface area contributed by atoms with Gasteiger partial charge in [0.1, 0.15) is 0 Å². The molecule has 0 N–H and O–H groups in total. The molecular formula is C27H54O2.